The lowest BCUT2D eigenvalue weighted by molar-refractivity contribution is -0.123. The Balaban J connectivity index is 1.54. The van der Waals surface area contributed by atoms with Gasteiger partial charge in [0.1, 0.15) is 6.04 Å². The highest BCUT2D eigenvalue weighted by molar-refractivity contribution is 6.05. The molecule has 0 aliphatic heterocycles. The Morgan fingerprint density at radius 1 is 0.774 bits per heavy atom. The summed E-state index contributed by atoms with van der Waals surface area (Å²) < 4.78 is 0. The lowest BCUT2D eigenvalue weighted by atomic mass is 10.2. The first-order chi connectivity index (χ1) is 15.0. The standard InChI is InChI=1S/C25H23N3O3/c1-18(26-23(29)16-15-19-9-4-2-5-10-19)24(30)27-21-13-8-14-22(17-21)28-25(31)20-11-6-3-7-12-20/h2-18H,1H3,(H,26,29)(H,27,30)(H,28,31)/b16-15+. The maximum Gasteiger partial charge on any atom is 0.255 e. The first-order valence-corrected chi connectivity index (χ1v) is 9.82. The molecular weight excluding hydrogens is 390 g/mol. The van der Waals surface area contributed by atoms with Crippen LogP contribution in [0.15, 0.2) is 91.0 Å². The molecule has 0 saturated carbocycles. The smallest absolute Gasteiger partial charge is 0.255 e. The zero-order chi connectivity index (χ0) is 22.1. The van der Waals surface area contributed by atoms with Gasteiger partial charge in [-0.25, -0.2) is 0 Å². The first-order valence-electron chi connectivity index (χ1n) is 9.82. The van der Waals surface area contributed by atoms with E-state index in [1.807, 2.05) is 36.4 Å². The van der Waals surface area contributed by atoms with Crippen molar-refractivity contribution in [2.24, 2.45) is 0 Å². The fraction of sp³-hybridized carbons (Fsp3) is 0.0800. The molecule has 6 nitrogen and oxygen atoms in total. The molecule has 3 aromatic rings. The van der Waals surface area contributed by atoms with Gasteiger partial charge in [-0.15, -0.1) is 0 Å². The summed E-state index contributed by atoms with van der Waals surface area (Å²) in [5, 5.41) is 8.17. The zero-order valence-corrected chi connectivity index (χ0v) is 17.0. The molecule has 0 aliphatic carbocycles. The molecule has 0 aromatic heterocycles. The van der Waals surface area contributed by atoms with Crippen LogP contribution in [-0.2, 0) is 9.59 Å². The van der Waals surface area contributed by atoms with Crippen molar-refractivity contribution in [2.75, 3.05) is 10.6 Å². The number of carbonyl (C=O) groups is 3. The average Bonchev–Trinajstić information content (AvgIpc) is 2.79. The number of carbonyl (C=O) groups excluding carboxylic acids is 3. The molecule has 0 aliphatic rings. The van der Waals surface area contributed by atoms with Gasteiger partial charge in [0.25, 0.3) is 5.91 Å². The van der Waals surface area contributed by atoms with Crippen molar-refractivity contribution in [3.63, 3.8) is 0 Å². The first kappa shape index (κ1) is 21.5. The van der Waals surface area contributed by atoms with Crippen LogP contribution in [0.2, 0.25) is 0 Å². The number of rotatable bonds is 7. The summed E-state index contributed by atoms with van der Waals surface area (Å²) in [6.45, 7) is 1.60. The molecule has 0 fully saturated rings. The van der Waals surface area contributed by atoms with Gasteiger partial charge in [-0.3, -0.25) is 14.4 Å². The fourth-order valence-electron chi connectivity index (χ4n) is 2.78. The predicted octanol–water partition coefficient (Wildman–Crippen LogP) is 4.10. The Bertz CT molecular complexity index is 1080. The summed E-state index contributed by atoms with van der Waals surface area (Å²) in [5.41, 5.74) is 2.49. The summed E-state index contributed by atoms with van der Waals surface area (Å²) in [4.78, 5) is 36.8. The van der Waals surface area contributed by atoms with Crippen LogP contribution in [0.25, 0.3) is 6.08 Å². The highest BCUT2D eigenvalue weighted by Crippen LogP contribution is 2.16. The largest absolute Gasteiger partial charge is 0.341 e. The third-order valence-corrected chi connectivity index (χ3v) is 4.40. The van der Waals surface area contributed by atoms with Crippen molar-refractivity contribution in [1.82, 2.24) is 5.32 Å². The number of nitrogens with one attached hydrogen (secondary N) is 3. The van der Waals surface area contributed by atoms with Crippen LogP contribution in [-0.4, -0.2) is 23.8 Å². The third-order valence-electron chi connectivity index (χ3n) is 4.40. The topological polar surface area (TPSA) is 87.3 Å². The maximum atomic E-state index is 12.4. The Morgan fingerprint density at radius 3 is 2.06 bits per heavy atom. The molecule has 6 heteroatoms. The van der Waals surface area contributed by atoms with Gasteiger partial charge in [-0.2, -0.15) is 0 Å². The number of hydrogen-bond donors (Lipinski definition) is 3. The van der Waals surface area contributed by atoms with Crippen molar-refractivity contribution in [3.8, 4) is 0 Å². The zero-order valence-electron chi connectivity index (χ0n) is 17.0. The van der Waals surface area contributed by atoms with Gasteiger partial charge >= 0.3 is 0 Å². The molecule has 31 heavy (non-hydrogen) atoms. The van der Waals surface area contributed by atoms with Crippen molar-refractivity contribution in [3.05, 3.63) is 102 Å². The Morgan fingerprint density at radius 2 is 1.39 bits per heavy atom. The number of anilines is 2. The minimum absolute atomic E-state index is 0.241. The van der Waals surface area contributed by atoms with Crippen molar-refractivity contribution in [1.29, 1.82) is 0 Å². The lowest BCUT2D eigenvalue weighted by Gasteiger charge is -2.14. The van der Waals surface area contributed by atoms with E-state index in [4.69, 9.17) is 0 Å². The third kappa shape index (κ3) is 6.68. The SMILES string of the molecule is CC(NC(=O)/C=C/c1ccccc1)C(=O)Nc1cccc(NC(=O)c2ccccc2)c1. The molecule has 3 aromatic carbocycles. The molecule has 0 heterocycles. The van der Waals surface area contributed by atoms with Crippen LogP contribution in [0.3, 0.4) is 0 Å². The lowest BCUT2D eigenvalue weighted by Crippen LogP contribution is -2.40. The van der Waals surface area contributed by atoms with Crippen LogP contribution >= 0.6 is 0 Å². The van der Waals surface area contributed by atoms with Crippen LogP contribution < -0.4 is 16.0 Å². The van der Waals surface area contributed by atoms with Crippen LogP contribution in [0.1, 0.15) is 22.8 Å². The summed E-state index contributed by atoms with van der Waals surface area (Å²) in [7, 11) is 0. The predicted molar refractivity (Wildman–Crippen MR) is 123 cm³/mol. The summed E-state index contributed by atoms with van der Waals surface area (Å²) in [6.07, 6.45) is 3.07. The second-order valence-electron chi connectivity index (χ2n) is 6.86. The highest BCUT2D eigenvalue weighted by Gasteiger charge is 2.15. The van der Waals surface area contributed by atoms with Crippen molar-refractivity contribution in [2.45, 2.75) is 13.0 Å². The quantitative estimate of drug-likeness (QED) is 0.510. The summed E-state index contributed by atoms with van der Waals surface area (Å²) >= 11 is 0. The molecule has 1 unspecified atom stereocenters. The highest BCUT2D eigenvalue weighted by atomic mass is 16.2. The van der Waals surface area contributed by atoms with E-state index < -0.39 is 6.04 Å². The van der Waals surface area contributed by atoms with Gasteiger partial charge in [0, 0.05) is 23.0 Å². The maximum absolute atomic E-state index is 12.4. The second kappa shape index (κ2) is 10.5. The van der Waals surface area contributed by atoms with Gasteiger partial charge < -0.3 is 16.0 Å². The van der Waals surface area contributed by atoms with Crippen molar-refractivity contribution < 1.29 is 14.4 Å². The molecular formula is C25H23N3O3. The fourth-order valence-corrected chi connectivity index (χ4v) is 2.78. The van der Waals surface area contributed by atoms with Crippen LogP contribution in [0.5, 0.6) is 0 Å². The van der Waals surface area contributed by atoms with Gasteiger partial charge in [0.15, 0.2) is 0 Å². The molecule has 0 bridgehead atoms. The van der Waals surface area contributed by atoms with E-state index in [1.54, 1.807) is 61.5 Å². The van der Waals surface area contributed by atoms with Crippen LogP contribution in [0.4, 0.5) is 11.4 Å². The van der Waals surface area contributed by atoms with E-state index in [1.165, 1.54) is 6.08 Å². The molecule has 0 radical (unpaired) electrons. The molecule has 156 valence electrons. The molecule has 0 spiro atoms. The van der Waals surface area contributed by atoms with Gasteiger partial charge in [0.05, 0.1) is 0 Å². The molecule has 3 rings (SSSR count). The molecule has 3 N–H and O–H groups in total. The minimum Gasteiger partial charge on any atom is -0.341 e. The summed E-state index contributed by atoms with van der Waals surface area (Å²) in [6, 6.07) is 24.3. The Hall–Kier alpha value is -4.19. The monoisotopic (exact) mass is 413 g/mol. The Kier molecular flexibility index (Phi) is 7.32. The Labute approximate surface area is 181 Å². The average molecular weight is 413 g/mol. The number of hydrogen-bond acceptors (Lipinski definition) is 3. The van der Waals surface area contributed by atoms with Crippen molar-refractivity contribution >= 4 is 35.2 Å². The van der Waals surface area contributed by atoms with Crippen LogP contribution in [0, 0.1) is 0 Å². The van der Waals surface area contributed by atoms with E-state index in [-0.39, 0.29) is 17.7 Å². The normalized spacial score (nSPS) is 11.5. The van der Waals surface area contributed by atoms with E-state index in [0.29, 0.717) is 16.9 Å². The number of amides is 3. The molecule has 0 saturated heterocycles. The minimum atomic E-state index is -0.740. The van der Waals surface area contributed by atoms with E-state index >= 15 is 0 Å². The van der Waals surface area contributed by atoms with Gasteiger partial charge in [-0.05, 0) is 48.9 Å². The number of benzene rings is 3. The molecule has 1 atom stereocenters. The van der Waals surface area contributed by atoms with E-state index in [2.05, 4.69) is 16.0 Å². The van der Waals surface area contributed by atoms with Gasteiger partial charge in [0.2, 0.25) is 11.8 Å². The van der Waals surface area contributed by atoms with E-state index in [9.17, 15) is 14.4 Å². The van der Waals surface area contributed by atoms with Gasteiger partial charge in [-0.1, -0.05) is 54.6 Å². The van der Waals surface area contributed by atoms with E-state index in [0.717, 1.165) is 5.56 Å². The summed E-state index contributed by atoms with van der Waals surface area (Å²) in [5.74, 6) is -0.974. The second-order valence-corrected chi connectivity index (χ2v) is 6.86. The molecule has 3 amide bonds.